The van der Waals surface area contributed by atoms with Crippen LogP contribution in [0.4, 0.5) is 0 Å². The summed E-state index contributed by atoms with van der Waals surface area (Å²) in [6.45, 7) is 8.06. The summed E-state index contributed by atoms with van der Waals surface area (Å²) < 4.78 is 10.6. The highest BCUT2D eigenvalue weighted by molar-refractivity contribution is 7.13. The average molecular weight is 536 g/mol. The highest BCUT2D eigenvalue weighted by atomic mass is 32.1. The Balaban J connectivity index is 1.39. The molecule has 0 spiro atoms. The lowest BCUT2D eigenvalue weighted by molar-refractivity contribution is -0.135. The fourth-order valence-corrected chi connectivity index (χ4v) is 6.55. The maximum Gasteiger partial charge on any atom is 0.254 e. The number of aliphatic hydroxyl groups excluding tert-OH is 1. The number of amides is 1. The van der Waals surface area contributed by atoms with Gasteiger partial charge >= 0.3 is 0 Å². The Labute approximate surface area is 226 Å². The molecule has 0 saturated carbocycles. The van der Waals surface area contributed by atoms with Gasteiger partial charge in [0.25, 0.3) is 5.88 Å². The molecule has 1 amide bonds. The first kappa shape index (κ1) is 26.3. The predicted molar refractivity (Wildman–Crippen MR) is 144 cm³/mol. The Kier molecular flexibility index (Phi) is 7.00. The number of thiazole rings is 1. The van der Waals surface area contributed by atoms with Gasteiger partial charge < -0.3 is 19.3 Å². The molecule has 8 nitrogen and oxygen atoms in total. The van der Waals surface area contributed by atoms with Crippen LogP contribution in [0.2, 0.25) is 0 Å². The minimum absolute atomic E-state index is 0.0170. The zero-order chi connectivity index (χ0) is 27.2. The number of likely N-dealkylation sites (tertiary alicyclic amines) is 1. The van der Waals surface area contributed by atoms with Gasteiger partial charge in [0.1, 0.15) is 5.92 Å². The van der Waals surface area contributed by atoms with E-state index in [4.69, 9.17) is 9.26 Å². The second-order valence-electron chi connectivity index (χ2n) is 10.8. The number of benzene rings is 1. The van der Waals surface area contributed by atoms with Crippen LogP contribution in [-0.4, -0.2) is 57.6 Å². The Hall–Kier alpha value is -3.30. The van der Waals surface area contributed by atoms with E-state index in [-0.39, 0.29) is 30.2 Å². The SMILES string of the molecule is COc1cc([C@@H](C(=O)N2C[C@H](O)C[C@H]2C2=CC(=O)[C@](C)(c3ccc(-c4scnc4C)cc3)C2)C(C)C)on1. The number of carbonyl (C=O) groups excluding carboxylic acids is 2. The van der Waals surface area contributed by atoms with Gasteiger partial charge in [-0.25, -0.2) is 4.98 Å². The molecule has 0 unspecified atom stereocenters. The second kappa shape index (κ2) is 10.1. The molecule has 1 aromatic carbocycles. The first-order chi connectivity index (χ1) is 18.1. The number of hydrogen-bond acceptors (Lipinski definition) is 8. The third-order valence-electron chi connectivity index (χ3n) is 7.89. The Morgan fingerprint density at radius 1 is 1.29 bits per heavy atom. The van der Waals surface area contributed by atoms with Gasteiger partial charge in [-0.3, -0.25) is 9.59 Å². The predicted octanol–water partition coefficient (Wildman–Crippen LogP) is 4.67. The number of allylic oxidation sites excluding steroid dienone is 1. The number of aromatic nitrogens is 2. The number of β-amino-alcohol motifs (C(OH)–C–C–N with tert-alkyl or cyclic N) is 1. The first-order valence-corrected chi connectivity index (χ1v) is 13.8. The second-order valence-corrected chi connectivity index (χ2v) is 11.7. The summed E-state index contributed by atoms with van der Waals surface area (Å²) in [5, 5.41) is 14.5. The van der Waals surface area contributed by atoms with Gasteiger partial charge in [-0.2, -0.15) is 0 Å². The number of nitrogens with zero attached hydrogens (tertiary/aromatic N) is 3. The fourth-order valence-electron chi connectivity index (χ4n) is 5.74. The number of aryl methyl sites for hydroxylation is 1. The summed E-state index contributed by atoms with van der Waals surface area (Å²) in [6, 6.07) is 9.40. The summed E-state index contributed by atoms with van der Waals surface area (Å²) in [5.74, 6) is -0.0304. The van der Waals surface area contributed by atoms with Crippen LogP contribution in [-0.2, 0) is 15.0 Å². The van der Waals surface area contributed by atoms with Crippen LogP contribution < -0.4 is 4.74 Å². The highest BCUT2D eigenvalue weighted by Gasteiger charge is 2.47. The van der Waals surface area contributed by atoms with E-state index in [0.717, 1.165) is 27.3 Å². The lowest BCUT2D eigenvalue weighted by atomic mass is 9.77. The molecule has 1 saturated heterocycles. The third-order valence-corrected chi connectivity index (χ3v) is 8.87. The Bertz CT molecular complexity index is 1370. The molecule has 2 aromatic heterocycles. The van der Waals surface area contributed by atoms with Crippen molar-refractivity contribution in [3.05, 3.63) is 64.5 Å². The van der Waals surface area contributed by atoms with Gasteiger partial charge in [0.15, 0.2) is 11.5 Å². The van der Waals surface area contributed by atoms with E-state index in [2.05, 4.69) is 10.1 Å². The number of ketones is 1. The number of rotatable bonds is 7. The van der Waals surface area contributed by atoms with E-state index in [9.17, 15) is 14.7 Å². The molecule has 4 atom stereocenters. The lowest BCUT2D eigenvalue weighted by Crippen LogP contribution is -2.41. The van der Waals surface area contributed by atoms with Crippen LogP contribution in [0.3, 0.4) is 0 Å². The van der Waals surface area contributed by atoms with Gasteiger partial charge in [-0.1, -0.05) is 38.1 Å². The van der Waals surface area contributed by atoms with Crippen molar-refractivity contribution in [2.24, 2.45) is 5.92 Å². The minimum atomic E-state index is -0.728. The maximum atomic E-state index is 13.9. The van der Waals surface area contributed by atoms with E-state index in [0.29, 0.717) is 24.5 Å². The quantitative estimate of drug-likeness (QED) is 0.469. The van der Waals surface area contributed by atoms with Crippen LogP contribution in [0.15, 0.2) is 52.0 Å². The van der Waals surface area contributed by atoms with E-state index in [1.54, 1.807) is 28.4 Å². The normalized spacial score (nSPS) is 24.2. The molecule has 3 heterocycles. The molecule has 2 aliphatic rings. The van der Waals surface area contributed by atoms with Gasteiger partial charge in [-0.15, -0.1) is 11.3 Å². The molecule has 38 heavy (non-hydrogen) atoms. The summed E-state index contributed by atoms with van der Waals surface area (Å²) in [5.41, 5.74) is 4.99. The molecule has 0 bridgehead atoms. The van der Waals surface area contributed by atoms with Crippen molar-refractivity contribution in [1.29, 1.82) is 0 Å². The van der Waals surface area contributed by atoms with Crippen molar-refractivity contribution < 1.29 is 24.0 Å². The molecular weight excluding hydrogens is 502 g/mol. The smallest absolute Gasteiger partial charge is 0.254 e. The van der Waals surface area contributed by atoms with Gasteiger partial charge in [0, 0.05) is 12.6 Å². The Morgan fingerprint density at radius 2 is 2.03 bits per heavy atom. The van der Waals surface area contributed by atoms with E-state index >= 15 is 0 Å². The van der Waals surface area contributed by atoms with E-state index < -0.39 is 17.4 Å². The molecule has 200 valence electrons. The average Bonchev–Trinajstić information content (AvgIpc) is 3.67. The number of aliphatic hydroxyl groups is 1. The van der Waals surface area contributed by atoms with E-state index in [1.807, 2.05) is 57.5 Å². The summed E-state index contributed by atoms with van der Waals surface area (Å²) in [6.07, 6.45) is 1.92. The van der Waals surface area contributed by atoms with Crippen molar-refractivity contribution >= 4 is 23.0 Å². The largest absolute Gasteiger partial charge is 0.479 e. The summed E-state index contributed by atoms with van der Waals surface area (Å²) in [7, 11) is 1.50. The molecule has 1 aliphatic carbocycles. The van der Waals surface area contributed by atoms with Crippen molar-refractivity contribution in [1.82, 2.24) is 15.0 Å². The molecule has 9 heteroatoms. The van der Waals surface area contributed by atoms with Crippen molar-refractivity contribution in [3.63, 3.8) is 0 Å². The molecule has 3 aromatic rings. The molecule has 1 fully saturated rings. The number of carbonyl (C=O) groups is 2. The van der Waals surface area contributed by atoms with Gasteiger partial charge in [0.2, 0.25) is 5.91 Å². The van der Waals surface area contributed by atoms with E-state index in [1.165, 1.54) is 7.11 Å². The zero-order valence-corrected chi connectivity index (χ0v) is 23.1. The number of ether oxygens (including phenoxy) is 1. The molecular formula is C29H33N3O5S. The van der Waals surface area contributed by atoms with Crippen molar-refractivity contribution in [2.75, 3.05) is 13.7 Å². The maximum absolute atomic E-state index is 13.9. The zero-order valence-electron chi connectivity index (χ0n) is 22.3. The van der Waals surface area contributed by atoms with Crippen LogP contribution in [0.5, 0.6) is 5.88 Å². The number of hydrogen-bond donors (Lipinski definition) is 1. The molecule has 5 rings (SSSR count). The van der Waals surface area contributed by atoms with Crippen LogP contribution in [0.25, 0.3) is 10.4 Å². The third kappa shape index (κ3) is 4.58. The molecule has 0 radical (unpaired) electrons. The van der Waals surface area contributed by atoms with Crippen LogP contribution >= 0.6 is 11.3 Å². The highest BCUT2D eigenvalue weighted by Crippen LogP contribution is 2.43. The minimum Gasteiger partial charge on any atom is -0.479 e. The standard InChI is InChI=1S/C29H33N3O5S/c1-16(2)26(23-12-25(36-5)31-37-23)28(35)32-14-21(33)11-22(32)19-10-24(34)29(4,13-19)20-8-6-18(7-9-20)27-17(3)30-15-38-27/h6-10,12,15-16,21-22,26,33H,11,13-14H2,1-5H3/t21-,22+,26+,29+/m1/s1. The lowest BCUT2D eigenvalue weighted by Gasteiger charge is -2.31. The fraction of sp³-hybridized carbons (Fsp3) is 0.448. The van der Waals surface area contributed by atoms with Crippen molar-refractivity contribution in [3.8, 4) is 16.3 Å². The topological polar surface area (TPSA) is 106 Å². The molecule has 1 aliphatic heterocycles. The van der Waals surface area contributed by atoms with Crippen LogP contribution in [0.1, 0.15) is 56.5 Å². The first-order valence-electron chi connectivity index (χ1n) is 12.9. The molecule has 1 N–H and O–H groups in total. The monoisotopic (exact) mass is 535 g/mol. The Morgan fingerprint density at radius 3 is 2.63 bits per heavy atom. The summed E-state index contributed by atoms with van der Waals surface area (Å²) >= 11 is 1.60. The van der Waals surface area contributed by atoms with Crippen LogP contribution in [0, 0.1) is 12.8 Å². The summed E-state index contributed by atoms with van der Waals surface area (Å²) in [4.78, 5) is 34.4. The number of methoxy groups -OCH3 is 1. The van der Waals surface area contributed by atoms with Gasteiger partial charge in [-0.05, 0) is 60.5 Å². The van der Waals surface area contributed by atoms with Crippen molar-refractivity contribution in [2.45, 2.75) is 64.0 Å². The van der Waals surface area contributed by atoms with Gasteiger partial charge in [0.05, 0.1) is 40.8 Å².